The molecule has 0 aliphatic rings. The van der Waals surface area contributed by atoms with E-state index in [1.807, 2.05) is 25.1 Å². The van der Waals surface area contributed by atoms with Gasteiger partial charge in [0.25, 0.3) is 0 Å². The van der Waals surface area contributed by atoms with E-state index in [1.165, 1.54) is 0 Å². The van der Waals surface area contributed by atoms with Gasteiger partial charge < -0.3 is 10.6 Å². The summed E-state index contributed by atoms with van der Waals surface area (Å²) < 4.78 is 1.58. The number of urea groups is 1. The molecule has 3 rings (SSSR count). The van der Waals surface area contributed by atoms with Gasteiger partial charge in [0, 0.05) is 5.69 Å². The number of hydrogen-bond donors (Lipinski definition) is 2. The number of aromatic nitrogens is 4. The predicted octanol–water partition coefficient (Wildman–Crippen LogP) is 4.16. The fraction of sp³-hybridized carbons (Fsp3) is 0.176. The minimum absolute atomic E-state index is 0.241. The number of carbonyl (C=O) groups is 1. The molecular formula is C17H16Cl2N6O. The second kappa shape index (κ2) is 7.72. The Hall–Kier alpha value is -2.64. The van der Waals surface area contributed by atoms with Crippen LogP contribution in [0.3, 0.4) is 0 Å². The summed E-state index contributed by atoms with van der Waals surface area (Å²) in [5.74, 6) is 0.653. The van der Waals surface area contributed by atoms with Crippen molar-refractivity contribution < 1.29 is 4.79 Å². The molecule has 7 nitrogen and oxygen atoms in total. The topological polar surface area (TPSA) is 84.7 Å². The number of nitrogens with zero attached hydrogens (tertiary/aromatic N) is 4. The van der Waals surface area contributed by atoms with Crippen LogP contribution in [-0.4, -0.2) is 26.2 Å². The number of amides is 2. The van der Waals surface area contributed by atoms with Crippen molar-refractivity contribution in [3.8, 4) is 5.69 Å². The maximum atomic E-state index is 12.3. The Kier molecular flexibility index (Phi) is 5.39. The van der Waals surface area contributed by atoms with Crippen LogP contribution in [-0.2, 0) is 0 Å². The standard InChI is InChI=1S/C17H16Cl2N6O/c1-10(12-6-7-15(18)16(19)8-12)20-17(26)21-13-4-3-5-14(9-13)25-11(2)22-23-24-25/h3-10H,1-2H3,(H2,20,21,26)/t10-/m1/s1. The normalized spacial score (nSPS) is 11.8. The summed E-state index contributed by atoms with van der Waals surface area (Å²) in [6, 6.07) is 11.9. The first kappa shape index (κ1) is 18.2. The molecule has 0 aliphatic heterocycles. The van der Waals surface area contributed by atoms with Gasteiger partial charge in [0.15, 0.2) is 5.82 Å². The van der Waals surface area contributed by atoms with E-state index in [0.717, 1.165) is 11.3 Å². The molecule has 0 saturated heterocycles. The van der Waals surface area contributed by atoms with E-state index in [0.29, 0.717) is 21.6 Å². The summed E-state index contributed by atoms with van der Waals surface area (Å²) in [5, 5.41) is 18.0. The van der Waals surface area contributed by atoms with Gasteiger partial charge in [0.05, 0.1) is 21.8 Å². The average molecular weight is 391 g/mol. The van der Waals surface area contributed by atoms with Gasteiger partial charge in [-0.05, 0) is 60.2 Å². The van der Waals surface area contributed by atoms with Crippen molar-refractivity contribution in [3.05, 3.63) is 63.9 Å². The molecule has 0 bridgehead atoms. The summed E-state index contributed by atoms with van der Waals surface area (Å²) >= 11 is 11.9. The molecule has 0 aliphatic carbocycles. The van der Waals surface area contributed by atoms with Gasteiger partial charge in [-0.1, -0.05) is 35.3 Å². The maximum absolute atomic E-state index is 12.3. The number of rotatable bonds is 4. The third kappa shape index (κ3) is 4.12. The van der Waals surface area contributed by atoms with E-state index in [4.69, 9.17) is 23.2 Å². The Labute approximate surface area is 160 Å². The van der Waals surface area contributed by atoms with Crippen molar-refractivity contribution in [2.75, 3.05) is 5.32 Å². The highest BCUT2D eigenvalue weighted by molar-refractivity contribution is 6.42. The van der Waals surface area contributed by atoms with E-state index in [-0.39, 0.29) is 12.1 Å². The van der Waals surface area contributed by atoms with Crippen LogP contribution in [0.4, 0.5) is 10.5 Å². The highest BCUT2D eigenvalue weighted by atomic mass is 35.5. The number of carbonyl (C=O) groups excluding carboxylic acids is 1. The Balaban J connectivity index is 1.68. The number of aryl methyl sites for hydroxylation is 1. The molecule has 26 heavy (non-hydrogen) atoms. The molecule has 0 radical (unpaired) electrons. The number of tetrazole rings is 1. The van der Waals surface area contributed by atoms with E-state index < -0.39 is 0 Å². The summed E-state index contributed by atoms with van der Waals surface area (Å²) in [4.78, 5) is 12.3. The van der Waals surface area contributed by atoms with E-state index >= 15 is 0 Å². The van der Waals surface area contributed by atoms with Crippen molar-refractivity contribution in [2.45, 2.75) is 19.9 Å². The molecule has 2 amide bonds. The zero-order valence-corrected chi connectivity index (χ0v) is 15.6. The van der Waals surface area contributed by atoms with Crippen LogP contribution in [0.5, 0.6) is 0 Å². The van der Waals surface area contributed by atoms with Crippen LogP contribution in [0.1, 0.15) is 24.4 Å². The van der Waals surface area contributed by atoms with Crippen molar-refractivity contribution in [1.29, 1.82) is 0 Å². The summed E-state index contributed by atoms with van der Waals surface area (Å²) in [6.45, 7) is 3.66. The SMILES string of the molecule is Cc1nnnn1-c1cccc(NC(=O)N[C@H](C)c2ccc(Cl)c(Cl)c2)c1. The Morgan fingerprint density at radius 3 is 2.65 bits per heavy atom. The first-order valence-corrected chi connectivity index (χ1v) is 8.57. The third-order valence-electron chi connectivity index (χ3n) is 3.77. The quantitative estimate of drug-likeness (QED) is 0.700. The first-order valence-electron chi connectivity index (χ1n) is 7.82. The van der Waals surface area contributed by atoms with Crippen molar-refractivity contribution in [2.24, 2.45) is 0 Å². The molecule has 1 aromatic heterocycles. The maximum Gasteiger partial charge on any atom is 0.319 e. The lowest BCUT2D eigenvalue weighted by atomic mass is 10.1. The number of hydrogen-bond acceptors (Lipinski definition) is 4. The molecule has 0 unspecified atom stereocenters. The van der Waals surface area contributed by atoms with Gasteiger partial charge >= 0.3 is 6.03 Å². The summed E-state index contributed by atoms with van der Waals surface area (Å²) in [7, 11) is 0. The van der Waals surface area contributed by atoms with Crippen molar-refractivity contribution in [1.82, 2.24) is 25.5 Å². The lowest BCUT2D eigenvalue weighted by Gasteiger charge is -2.16. The molecule has 0 fully saturated rings. The largest absolute Gasteiger partial charge is 0.331 e. The minimum Gasteiger partial charge on any atom is -0.331 e. The third-order valence-corrected chi connectivity index (χ3v) is 4.50. The first-order chi connectivity index (χ1) is 12.4. The van der Waals surface area contributed by atoms with Gasteiger partial charge in [0.1, 0.15) is 0 Å². The molecule has 2 N–H and O–H groups in total. The Morgan fingerprint density at radius 2 is 1.96 bits per heavy atom. The van der Waals surface area contributed by atoms with Crippen LogP contribution in [0.25, 0.3) is 5.69 Å². The summed E-state index contributed by atoms with van der Waals surface area (Å²) in [6.07, 6.45) is 0. The van der Waals surface area contributed by atoms with Crippen LogP contribution >= 0.6 is 23.2 Å². The van der Waals surface area contributed by atoms with E-state index in [2.05, 4.69) is 26.2 Å². The number of anilines is 1. The number of benzene rings is 2. The molecule has 0 saturated carbocycles. The van der Waals surface area contributed by atoms with Crippen LogP contribution in [0.15, 0.2) is 42.5 Å². The van der Waals surface area contributed by atoms with E-state index in [1.54, 1.807) is 35.9 Å². The highest BCUT2D eigenvalue weighted by Crippen LogP contribution is 2.25. The summed E-state index contributed by atoms with van der Waals surface area (Å²) in [5.41, 5.74) is 2.23. The molecule has 134 valence electrons. The molecular weight excluding hydrogens is 375 g/mol. The lowest BCUT2D eigenvalue weighted by molar-refractivity contribution is 0.249. The lowest BCUT2D eigenvalue weighted by Crippen LogP contribution is -2.31. The Bertz CT molecular complexity index is 943. The average Bonchev–Trinajstić information content (AvgIpc) is 3.03. The molecule has 2 aromatic carbocycles. The van der Waals surface area contributed by atoms with Gasteiger partial charge in [-0.25, -0.2) is 4.79 Å². The van der Waals surface area contributed by atoms with E-state index in [9.17, 15) is 4.79 Å². The van der Waals surface area contributed by atoms with Crippen molar-refractivity contribution in [3.63, 3.8) is 0 Å². The van der Waals surface area contributed by atoms with Crippen LogP contribution in [0, 0.1) is 6.92 Å². The van der Waals surface area contributed by atoms with Gasteiger partial charge in [-0.15, -0.1) is 5.10 Å². The fourth-order valence-corrected chi connectivity index (χ4v) is 2.72. The van der Waals surface area contributed by atoms with Gasteiger partial charge in [-0.3, -0.25) is 0 Å². The fourth-order valence-electron chi connectivity index (χ4n) is 2.41. The smallest absolute Gasteiger partial charge is 0.319 e. The minimum atomic E-state index is -0.339. The van der Waals surface area contributed by atoms with Gasteiger partial charge in [-0.2, -0.15) is 4.68 Å². The Morgan fingerprint density at radius 1 is 1.15 bits per heavy atom. The highest BCUT2D eigenvalue weighted by Gasteiger charge is 2.12. The molecule has 1 atom stereocenters. The van der Waals surface area contributed by atoms with Gasteiger partial charge in [0.2, 0.25) is 0 Å². The monoisotopic (exact) mass is 390 g/mol. The molecule has 3 aromatic rings. The van der Waals surface area contributed by atoms with Crippen LogP contribution < -0.4 is 10.6 Å². The molecule has 0 spiro atoms. The number of halogens is 2. The zero-order valence-electron chi connectivity index (χ0n) is 14.1. The molecule has 9 heteroatoms. The zero-order chi connectivity index (χ0) is 18.7. The molecule has 1 heterocycles. The van der Waals surface area contributed by atoms with Crippen molar-refractivity contribution >= 4 is 34.9 Å². The van der Waals surface area contributed by atoms with Crippen LogP contribution in [0.2, 0.25) is 10.0 Å². The predicted molar refractivity (Wildman–Crippen MR) is 101 cm³/mol. The second-order valence-corrected chi connectivity index (χ2v) is 6.50. The number of nitrogens with one attached hydrogen (secondary N) is 2. The second-order valence-electron chi connectivity index (χ2n) is 5.68.